The summed E-state index contributed by atoms with van der Waals surface area (Å²) in [6, 6.07) is 18.0. The molecule has 2 aliphatic rings. The molecule has 2 aliphatic heterocycles. The Hall–Kier alpha value is -2.64. The van der Waals surface area contributed by atoms with E-state index in [0.717, 1.165) is 11.1 Å². The number of ether oxygens (including phenoxy) is 5. The SMILES string of the molecule is CC1(C)OC2=C(OCc3ccccc3)[C@](COCc3ccccc3)(COS(=O)(=O)C(F)(F)F)O[C@@H]2O1. The van der Waals surface area contributed by atoms with Crippen molar-refractivity contribution in [2.24, 2.45) is 0 Å². The lowest BCUT2D eigenvalue weighted by atomic mass is 10.0. The fourth-order valence-electron chi connectivity index (χ4n) is 3.68. The first kappa shape index (κ1) is 26.4. The lowest BCUT2D eigenvalue weighted by Crippen LogP contribution is -2.46. The number of hydrogen-bond acceptors (Lipinski definition) is 8. The molecule has 0 amide bonds. The van der Waals surface area contributed by atoms with Gasteiger partial charge in [0.15, 0.2) is 17.1 Å². The zero-order valence-corrected chi connectivity index (χ0v) is 20.3. The zero-order valence-electron chi connectivity index (χ0n) is 19.5. The summed E-state index contributed by atoms with van der Waals surface area (Å²) in [6.45, 7) is 1.81. The molecule has 0 spiro atoms. The van der Waals surface area contributed by atoms with E-state index in [2.05, 4.69) is 4.18 Å². The third-order valence-corrected chi connectivity index (χ3v) is 6.33. The molecule has 0 aromatic heterocycles. The van der Waals surface area contributed by atoms with Crippen LogP contribution in [0, 0.1) is 0 Å². The summed E-state index contributed by atoms with van der Waals surface area (Å²) in [5.41, 5.74) is -6.00. The second-order valence-electron chi connectivity index (χ2n) is 8.67. The van der Waals surface area contributed by atoms with Crippen LogP contribution in [0.25, 0.3) is 0 Å². The maximum Gasteiger partial charge on any atom is 0.523 e. The molecule has 0 saturated carbocycles. The van der Waals surface area contributed by atoms with Crippen LogP contribution < -0.4 is 0 Å². The molecule has 2 aromatic carbocycles. The van der Waals surface area contributed by atoms with E-state index in [1.807, 2.05) is 12.1 Å². The molecule has 4 rings (SSSR count). The van der Waals surface area contributed by atoms with Gasteiger partial charge in [0.2, 0.25) is 12.1 Å². The van der Waals surface area contributed by atoms with Gasteiger partial charge in [-0.15, -0.1) is 0 Å². The summed E-state index contributed by atoms with van der Waals surface area (Å²) in [5, 5.41) is 0. The maximum absolute atomic E-state index is 13.0. The first-order valence-electron chi connectivity index (χ1n) is 10.9. The van der Waals surface area contributed by atoms with Crippen molar-refractivity contribution in [3.05, 3.63) is 83.3 Å². The smallest absolute Gasteiger partial charge is 0.486 e. The average molecular weight is 531 g/mol. The Bertz CT molecular complexity index is 1180. The van der Waals surface area contributed by atoms with Crippen molar-refractivity contribution in [3.63, 3.8) is 0 Å². The number of fused-ring (bicyclic) bond motifs is 1. The highest BCUT2D eigenvalue weighted by Gasteiger charge is 2.59. The summed E-state index contributed by atoms with van der Waals surface area (Å²) in [6.07, 6.45) is -1.16. The van der Waals surface area contributed by atoms with Gasteiger partial charge in [-0.3, -0.25) is 4.18 Å². The molecule has 0 radical (unpaired) electrons. The average Bonchev–Trinajstić information content (AvgIpc) is 3.25. The first-order chi connectivity index (χ1) is 16.9. The highest BCUT2D eigenvalue weighted by molar-refractivity contribution is 7.87. The topological polar surface area (TPSA) is 89.5 Å². The van der Waals surface area contributed by atoms with E-state index in [0.29, 0.717) is 0 Å². The summed E-state index contributed by atoms with van der Waals surface area (Å²) in [5.74, 6) is -1.10. The maximum atomic E-state index is 13.0. The number of benzene rings is 2. The Morgan fingerprint density at radius 2 is 1.47 bits per heavy atom. The molecule has 0 bridgehead atoms. The summed E-state index contributed by atoms with van der Waals surface area (Å²) < 4.78 is 96.1. The van der Waals surface area contributed by atoms with E-state index in [4.69, 9.17) is 23.7 Å². The van der Waals surface area contributed by atoms with E-state index in [1.54, 1.807) is 62.4 Å². The highest BCUT2D eigenvalue weighted by atomic mass is 32.2. The van der Waals surface area contributed by atoms with Crippen LogP contribution in [-0.2, 0) is 51.2 Å². The van der Waals surface area contributed by atoms with Crippen LogP contribution in [0.3, 0.4) is 0 Å². The second-order valence-corrected chi connectivity index (χ2v) is 10.3. The molecule has 2 heterocycles. The Labute approximate surface area is 206 Å². The predicted octanol–water partition coefficient (Wildman–Crippen LogP) is 4.38. The van der Waals surface area contributed by atoms with E-state index >= 15 is 0 Å². The Kier molecular flexibility index (Phi) is 7.35. The minimum absolute atomic E-state index is 0.00794. The van der Waals surface area contributed by atoms with E-state index in [9.17, 15) is 21.6 Å². The van der Waals surface area contributed by atoms with Crippen LogP contribution >= 0.6 is 0 Å². The summed E-state index contributed by atoms with van der Waals surface area (Å²) in [4.78, 5) is 0. The zero-order chi connectivity index (χ0) is 26.0. The first-order valence-corrected chi connectivity index (χ1v) is 12.4. The minimum atomic E-state index is -5.93. The Morgan fingerprint density at radius 1 is 0.889 bits per heavy atom. The molecule has 2 atom stereocenters. The van der Waals surface area contributed by atoms with Gasteiger partial charge in [-0.2, -0.15) is 21.6 Å². The molecule has 12 heteroatoms. The molecular weight excluding hydrogens is 505 g/mol. The summed E-state index contributed by atoms with van der Waals surface area (Å²) >= 11 is 0. The molecule has 1 fully saturated rings. The van der Waals surface area contributed by atoms with Crippen LogP contribution in [0.2, 0.25) is 0 Å². The van der Waals surface area contributed by atoms with Gasteiger partial charge in [0.1, 0.15) is 13.2 Å². The molecule has 1 saturated heterocycles. The van der Waals surface area contributed by atoms with Crippen LogP contribution in [0.1, 0.15) is 25.0 Å². The van der Waals surface area contributed by atoms with Crippen molar-refractivity contribution >= 4 is 10.1 Å². The molecule has 2 aromatic rings. The van der Waals surface area contributed by atoms with Gasteiger partial charge >= 0.3 is 15.6 Å². The fraction of sp³-hybridized carbons (Fsp3) is 0.417. The van der Waals surface area contributed by atoms with E-state index in [1.165, 1.54) is 0 Å². The van der Waals surface area contributed by atoms with Crippen molar-refractivity contribution in [1.82, 2.24) is 0 Å². The third kappa shape index (κ3) is 5.84. The minimum Gasteiger partial charge on any atom is -0.486 e. The fourth-order valence-corrected chi connectivity index (χ4v) is 4.16. The number of hydrogen-bond donors (Lipinski definition) is 0. The number of halogens is 3. The Balaban J connectivity index is 1.64. The van der Waals surface area contributed by atoms with Gasteiger partial charge in [0.05, 0.1) is 13.2 Å². The number of alkyl halides is 3. The second kappa shape index (κ2) is 10.0. The monoisotopic (exact) mass is 530 g/mol. The quantitative estimate of drug-likeness (QED) is 0.331. The largest absolute Gasteiger partial charge is 0.523 e. The van der Waals surface area contributed by atoms with Gasteiger partial charge in [-0.05, 0) is 11.1 Å². The van der Waals surface area contributed by atoms with Gasteiger partial charge in [-0.25, -0.2) is 0 Å². The van der Waals surface area contributed by atoms with Crippen molar-refractivity contribution < 1.29 is 49.5 Å². The molecule has 196 valence electrons. The van der Waals surface area contributed by atoms with Crippen LogP contribution in [-0.4, -0.2) is 44.8 Å². The molecule has 0 N–H and O–H groups in total. The highest BCUT2D eigenvalue weighted by Crippen LogP contribution is 2.46. The van der Waals surface area contributed by atoms with Crippen molar-refractivity contribution in [3.8, 4) is 0 Å². The molecule has 36 heavy (non-hydrogen) atoms. The molecule has 0 aliphatic carbocycles. The van der Waals surface area contributed by atoms with Gasteiger partial charge < -0.3 is 23.7 Å². The lowest BCUT2D eigenvalue weighted by molar-refractivity contribution is -0.238. The van der Waals surface area contributed by atoms with Gasteiger partial charge in [0, 0.05) is 13.8 Å². The van der Waals surface area contributed by atoms with Crippen LogP contribution in [0.15, 0.2) is 72.2 Å². The van der Waals surface area contributed by atoms with E-state index in [-0.39, 0.29) is 24.7 Å². The van der Waals surface area contributed by atoms with Crippen LogP contribution in [0.4, 0.5) is 13.2 Å². The molecule has 0 unspecified atom stereocenters. The summed E-state index contributed by atoms with van der Waals surface area (Å²) in [7, 11) is -5.93. The molecule has 8 nitrogen and oxygen atoms in total. The van der Waals surface area contributed by atoms with Gasteiger partial charge in [-0.1, -0.05) is 60.7 Å². The lowest BCUT2D eigenvalue weighted by Gasteiger charge is -2.32. The number of rotatable bonds is 10. The van der Waals surface area contributed by atoms with Crippen molar-refractivity contribution in [2.75, 3.05) is 13.2 Å². The predicted molar refractivity (Wildman–Crippen MR) is 119 cm³/mol. The third-order valence-electron chi connectivity index (χ3n) is 5.33. The normalized spacial score (nSPS) is 23.4. The van der Waals surface area contributed by atoms with Crippen LogP contribution in [0.5, 0.6) is 0 Å². The van der Waals surface area contributed by atoms with Gasteiger partial charge in [0.25, 0.3) is 0 Å². The van der Waals surface area contributed by atoms with Crippen molar-refractivity contribution in [2.45, 2.75) is 50.2 Å². The Morgan fingerprint density at radius 3 is 2.06 bits per heavy atom. The van der Waals surface area contributed by atoms with Crippen molar-refractivity contribution in [1.29, 1.82) is 0 Å². The standard InChI is InChI=1S/C24H25F3O8S/c1-22(2)33-19-20(31-14-18-11-7-4-8-12-18)23(35-21(19)34-22,16-32-36(28,29)24(25,26)27)15-30-13-17-9-5-3-6-10-17/h3-12,21H,13-16H2,1-2H3/t21-,23-/m0/s1. The van der Waals surface area contributed by atoms with E-state index < -0.39 is 46.5 Å². The molecular formula is C24H25F3O8S.